The van der Waals surface area contributed by atoms with E-state index in [4.69, 9.17) is 11.6 Å². The van der Waals surface area contributed by atoms with E-state index in [2.05, 4.69) is 10.4 Å². The van der Waals surface area contributed by atoms with Crippen molar-refractivity contribution in [2.45, 2.75) is 19.3 Å². The van der Waals surface area contributed by atoms with E-state index < -0.39 is 0 Å². The standard InChI is InChI=1S/C20H17ClFN3O/c1-12-10-19(25(24-12)14-8-6-13(22)7-9-14)23-20(26)17-11-16(17)15-4-2-3-5-18(15)21/h2-10,16-17H,11H2,1H3,(H,23,26). The molecule has 4 nitrogen and oxygen atoms in total. The molecule has 4 rings (SSSR count). The summed E-state index contributed by atoms with van der Waals surface area (Å²) in [5.41, 5.74) is 2.47. The number of benzene rings is 2. The summed E-state index contributed by atoms with van der Waals surface area (Å²) >= 11 is 6.23. The van der Waals surface area contributed by atoms with Crippen LogP contribution in [0.4, 0.5) is 10.2 Å². The summed E-state index contributed by atoms with van der Waals surface area (Å²) in [6, 6.07) is 15.4. The molecule has 0 spiro atoms. The van der Waals surface area contributed by atoms with Crippen LogP contribution in [-0.2, 0) is 4.79 Å². The van der Waals surface area contributed by atoms with E-state index in [1.165, 1.54) is 12.1 Å². The van der Waals surface area contributed by atoms with Crippen LogP contribution in [0.2, 0.25) is 5.02 Å². The van der Waals surface area contributed by atoms with Crippen LogP contribution >= 0.6 is 11.6 Å². The number of carbonyl (C=O) groups excluding carboxylic acids is 1. The lowest BCUT2D eigenvalue weighted by atomic mass is 10.1. The highest BCUT2D eigenvalue weighted by Crippen LogP contribution is 2.50. The number of carbonyl (C=O) groups is 1. The van der Waals surface area contributed by atoms with Gasteiger partial charge in [-0.25, -0.2) is 9.07 Å². The molecule has 0 bridgehead atoms. The van der Waals surface area contributed by atoms with Gasteiger partial charge in [0.15, 0.2) is 0 Å². The Morgan fingerprint density at radius 1 is 1.23 bits per heavy atom. The molecule has 1 aromatic heterocycles. The first-order valence-electron chi connectivity index (χ1n) is 8.41. The van der Waals surface area contributed by atoms with Gasteiger partial charge in [-0.1, -0.05) is 29.8 Å². The van der Waals surface area contributed by atoms with Crippen LogP contribution in [0.25, 0.3) is 5.69 Å². The van der Waals surface area contributed by atoms with Crippen molar-refractivity contribution in [1.82, 2.24) is 9.78 Å². The molecule has 3 aromatic rings. The van der Waals surface area contributed by atoms with Gasteiger partial charge in [0, 0.05) is 17.0 Å². The second-order valence-electron chi connectivity index (χ2n) is 6.52. The Hall–Kier alpha value is -2.66. The van der Waals surface area contributed by atoms with Crippen LogP contribution in [0.3, 0.4) is 0 Å². The molecule has 26 heavy (non-hydrogen) atoms. The summed E-state index contributed by atoms with van der Waals surface area (Å²) in [5, 5.41) is 8.04. The lowest BCUT2D eigenvalue weighted by molar-refractivity contribution is -0.117. The van der Waals surface area contributed by atoms with Gasteiger partial charge in [-0.05, 0) is 55.2 Å². The molecule has 0 aliphatic heterocycles. The van der Waals surface area contributed by atoms with Crippen LogP contribution in [-0.4, -0.2) is 15.7 Å². The van der Waals surface area contributed by atoms with Crippen LogP contribution in [0.5, 0.6) is 0 Å². The Kier molecular flexibility index (Phi) is 4.24. The Labute approximate surface area is 155 Å². The smallest absolute Gasteiger partial charge is 0.229 e. The highest BCUT2D eigenvalue weighted by atomic mass is 35.5. The van der Waals surface area contributed by atoms with Crippen molar-refractivity contribution >= 4 is 23.3 Å². The average molecular weight is 370 g/mol. The fourth-order valence-corrected chi connectivity index (χ4v) is 3.47. The van der Waals surface area contributed by atoms with Crippen molar-refractivity contribution in [2.75, 3.05) is 5.32 Å². The van der Waals surface area contributed by atoms with Crippen molar-refractivity contribution in [1.29, 1.82) is 0 Å². The normalized spacial score (nSPS) is 18.6. The number of anilines is 1. The number of nitrogens with zero attached hydrogens (tertiary/aromatic N) is 2. The van der Waals surface area contributed by atoms with Crippen LogP contribution < -0.4 is 5.32 Å². The van der Waals surface area contributed by atoms with Gasteiger partial charge in [-0.15, -0.1) is 0 Å². The number of aryl methyl sites for hydroxylation is 1. The van der Waals surface area contributed by atoms with Gasteiger partial charge in [0.25, 0.3) is 0 Å². The Bertz CT molecular complexity index is 967. The van der Waals surface area contributed by atoms with Crippen LogP contribution in [0, 0.1) is 18.7 Å². The lowest BCUT2D eigenvalue weighted by Crippen LogP contribution is -2.17. The molecule has 2 unspecified atom stereocenters. The second kappa shape index (κ2) is 6.57. The number of halogens is 2. The molecule has 1 saturated carbocycles. The van der Waals surface area contributed by atoms with Crippen molar-refractivity contribution < 1.29 is 9.18 Å². The molecule has 1 fully saturated rings. The Morgan fingerprint density at radius 2 is 1.96 bits per heavy atom. The minimum absolute atomic E-state index is 0.0572. The lowest BCUT2D eigenvalue weighted by Gasteiger charge is -2.09. The summed E-state index contributed by atoms with van der Waals surface area (Å²) in [5.74, 6) is 0.240. The molecule has 0 radical (unpaired) electrons. The van der Waals surface area contributed by atoms with E-state index in [0.717, 1.165) is 17.7 Å². The third-order valence-corrected chi connectivity index (χ3v) is 4.93. The number of nitrogens with one attached hydrogen (secondary N) is 1. The average Bonchev–Trinajstić information content (AvgIpc) is 3.33. The molecule has 1 aliphatic rings. The van der Waals surface area contributed by atoms with Crippen molar-refractivity contribution in [3.8, 4) is 5.69 Å². The van der Waals surface area contributed by atoms with Gasteiger partial charge in [0.2, 0.25) is 5.91 Å². The van der Waals surface area contributed by atoms with E-state index >= 15 is 0 Å². The topological polar surface area (TPSA) is 46.9 Å². The van der Waals surface area contributed by atoms with Gasteiger partial charge < -0.3 is 5.32 Å². The zero-order valence-electron chi connectivity index (χ0n) is 14.1. The van der Waals surface area contributed by atoms with Gasteiger partial charge in [-0.3, -0.25) is 4.79 Å². The first kappa shape index (κ1) is 16.8. The number of amides is 1. The second-order valence-corrected chi connectivity index (χ2v) is 6.93. The molecule has 2 atom stereocenters. The fourth-order valence-electron chi connectivity index (χ4n) is 3.19. The predicted molar refractivity (Wildman–Crippen MR) is 99.2 cm³/mol. The third kappa shape index (κ3) is 3.22. The third-order valence-electron chi connectivity index (χ3n) is 4.59. The summed E-state index contributed by atoms with van der Waals surface area (Å²) in [6.07, 6.45) is 0.777. The van der Waals surface area contributed by atoms with E-state index in [1.54, 1.807) is 22.9 Å². The maximum atomic E-state index is 13.2. The molecule has 1 heterocycles. The molecular formula is C20H17ClFN3O. The fraction of sp³-hybridized carbons (Fsp3) is 0.200. The zero-order chi connectivity index (χ0) is 18.3. The monoisotopic (exact) mass is 369 g/mol. The number of rotatable bonds is 4. The summed E-state index contributed by atoms with van der Waals surface area (Å²) < 4.78 is 14.8. The van der Waals surface area contributed by atoms with Crippen LogP contribution in [0.15, 0.2) is 54.6 Å². The van der Waals surface area contributed by atoms with E-state index in [9.17, 15) is 9.18 Å². The van der Waals surface area contributed by atoms with Crippen LogP contribution in [0.1, 0.15) is 23.6 Å². The van der Waals surface area contributed by atoms with Gasteiger partial charge in [-0.2, -0.15) is 5.10 Å². The largest absolute Gasteiger partial charge is 0.310 e. The van der Waals surface area contributed by atoms with Gasteiger partial charge in [0.05, 0.1) is 11.4 Å². The first-order valence-corrected chi connectivity index (χ1v) is 8.78. The maximum absolute atomic E-state index is 13.2. The van der Waals surface area contributed by atoms with E-state index in [0.29, 0.717) is 16.5 Å². The molecule has 1 amide bonds. The van der Waals surface area contributed by atoms with E-state index in [-0.39, 0.29) is 23.6 Å². The molecule has 1 N–H and O–H groups in total. The number of hydrogen-bond acceptors (Lipinski definition) is 2. The molecular weight excluding hydrogens is 353 g/mol. The van der Waals surface area contributed by atoms with Crippen molar-refractivity contribution in [2.24, 2.45) is 5.92 Å². The molecule has 132 valence electrons. The van der Waals surface area contributed by atoms with E-state index in [1.807, 2.05) is 31.2 Å². The predicted octanol–water partition coefficient (Wildman–Crippen LogP) is 4.72. The molecule has 2 aromatic carbocycles. The highest BCUT2D eigenvalue weighted by molar-refractivity contribution is 6.31. The van der Waals surface area contributed by atoms with Crippen molar-refractivity contribution in [3.63, 3.8) is 0 Å². The highest BCUT2D eigenvalue weighted by Gasteiger charge is 2.45. The SMILES string of the molecule is Cc1cc(NC(=O)C2CC2c2ccccc2Cl)n(-c2ccc(F)cc2)n1. The Balaban J connectivity index is 1.53. The first-order chi connectivity index (χ1) is 12.5. The molecule has 6 heteroatoms. The maximum Gasteiger partial charge on any atom is 0.229 e. The number of aromatic nitrogens is 2. The van der Waals surface area contributed by atoms with Gasteiger partial charge in [0.1, 0.15) is 11.6 Å². The summed E-state index contributed by atoms with van der Waals surface area (Å²) in [4.78, 5) is 12.7. The minimum Gasteiger partial charge on any atom is -0.310 e. The molecule has 1 aliphatic carbocycles. The summed E-state index contributed by atoms with van der Waals surface area (Å²) in [7, 11) is 0. The quantitative estimate of drug-likeness (QED) is 0.723. The molecule has 0 saturated heterocycles. The summed E-state index contributed by atoms with van der Waals surface area (Å²) in [6.45, 7) is 1.85. The van der Waals surface area contributed by atoms with Gasteiger partial charge >= 0.3 is 0 Å². The minimum atomic E-state index is -0.316. The van der Waals surface area contributed by atoms with Crippen molar-refractivity contribution in [3.05, 3.63) is 76.7 Å². The zero-order valence-corrected chi connectivity index (χ0v) is 14.9. The number of hydrogen-bond donors (Lipinski definition) is 1. The Morgan fingerprint density at radius 3 is 2.69 bits per heavy atom.